The van der Waals surface area contributed by atoms with E-state index in [2.05, 4.69) is 51.2 Å². The molecule has 0 aromatic carbocycles. The third kappa shape index (κ3) is 50.6. The number of hydrogen-bond donors (Lipinski definition) is 0. The van der Waals surface area contributed by atoms with Gasteiger partial charge in [0.25, 0.3) is 0 Å². The molecule has 0 spiro atoms. The van der Waals surface area contributed by atoms with E-state index in [1.54, 1.807) is 0 Å². The molecule has 1 atom stereocenters. The first-order valence-electron chi connectivity index (χ1n) is 28.0. The highest BCUT2D eigenvalue weighted by Crippen LogP contribution is 2.16. The van der Waals surface area contributed by atoms with Gasteiger partial charge in [0.2, 0.25) is 0 Å². The predicted octanol–water partition coefficient (Wildman–Crippen LogP) is 18.5. The van der Waals surface area contributed by atoms with Crippen molar-refractivity contribution < 1.29 is 28.6 Å². The Hall–Kier alpha value is -2.37. The van der Waals surface area contributed by atoms with Crippen molar-refractivity contribution in [3.8, 4) is 0 Å². The molecule has 0 rings (SSSR count). The zero-order chi connectivity index (χ0) is 46.5. The molecule has 0 N–H and O–H groups in total. The van der Waals surface area contributed by atoms with Gasteiger partial charge in [0.1, 0.15) is 13.2 Å². The third-order valence-corrected chi connectivity index (χ3v) is 12.4. The fraction of sp³-hybridized carbons (Fsp3) is 0.845. The summed E-state index contributed by atoms with van der Waals surface area (Å²) in [4.78, 5) is 38.0. The van der Waals surface area contributed by atoms with E-state index in [0.717, 1.165) is 64.2 Å². The van der Waals surface area contributed by atoms with Crippen LogP contribution in [0.1, 0.15) is 297 Å². The first-order valence-corrected chi connectivity index (χ1v) is 28.0. The van der Waals surface area contributed by atoms with Crippen molar-refractivity contribution in [3.63, 3.8) is 0 Å². The largest absolute Gasteiger partial charge is 0.462 e. The molecule has 6 heteroatoms. The van der Waals surface area contributed by atoms with Crippen molar-refractivity contribution in [2.24, 2.45) is 0 Å². The Morgan fingerprint density at radius 1 is 0.312 bits per heavy atom. The summed E-state index contributed by atoms with van der Waals surface area (Å²) in [7, 11) is 0. The topological polar surface area (TPSA) is 78.9 Å². The molecule has 0 aromatic heterocycles. The maximum atomic E-state index is 12.8. The molecule has 0 aliphatic carbocycles. The van der Waals surface area contributed by atoms with Crippen molar-refractivity contribution in [2.75, 3.05) is 13.2 Å². The summed E-state index contributed by atoms with van der Waals surface area (Å²) in [6.07, 6.45) is 62.9. The van der Waals surface area contributed by atoms with Crippen LogP contribution in [0.5, 0.6) is 0 Å². The molecule has 6 nitrogen and oxygen atoms in total. The summed E-state index contributed by atoms with van der Waals surface area (Å²) in [5.41, 5.74) is 0. The van der Waals surface area contributed by atoms with E-state index in [1.165, 1.54) is 186 Å². The first-order chi connectivity index (χ1) is 31.5. The van der Waals surface area contributed by atoms with E-state index < -0.39 is 6.10 Å². The molecule has 64 heavy (non-hydrogen) atoms. The monoisotopic (exact) mass is 899 g/mol. The van der Waals surface area contributed by atoms with Gasteiger partial charge in [-0.15, -0.1) is 0 Å². The van der Waals surface area contributed by atoms with Gasteiger partial charge in [-0.3, -0.25) is 14.4 Å². The molecule has 0 saturated heterocycles. The number of esters is 3. The van der Waals surface area contributed by atoms with Crippen LogP contribution in [0.4, 0.5) is 0 Å². The van der Waals surface area contributed by atoms with E-state index in [9.17, 15) is 14.4 Å². The number of rotatable bonds is 51. The fourth-order valence-electron chi connectivity index (χ4n) is 8.14. The highest BCUT2D eigenvalue weighted by Gasteiger charge is 2.19. The molecule has 0 aliphatic heterocycles. The Morgan fingerprint density at radius 2 is 0.594 bits per heavy atom. The SMILES string of the molecule is CCCCCCCC/C=C\C/C=C\CCC(=O)OCC(COC(=O)CCCCCCCCCCCCCCCCCCC)OC(=O)CCCCCCC/C=C\CCCCCCCCC. The maximum absolute atomic E-state index is 12.8. The van der Waals surface area contributed by atoms with Gasteiger partial charge in [-0.2, -0.15) is 0 Å². The van der Waals surface area contributed by atoms with Crippen LogP contribution in [-0.2, 0) is 28.6 Å². The molecule has 0 bridgehead atoms. The molecule has 1 unspecified atom stereocenters. The molecule has 0 fully saturated rings. The van der Waals surface area contributed by atoms with E-state index in [-0.39, 0.29) is 37.5 Å². The second-order valence-electron chi connectivity index (χ2n) is 18.8. The summed E-state index contributed by atoms with van der Waals surface area (Å²) < 4.78 is 16.8. The van der Waals surface area contributed by atoms with E-state index in [1.807, 2.05) is 6.08 Å². The Labute approximate surface area is 397 Å². The van der Waals surface area contributed by atoms with Gasteiger partial charge in [0, 0.05) is 19.3 Å². The standard InChI is InChI=1S/C58H106O6/c1-4-7-10-13-16-19-22-25-27-29-31-33-36-39-42-45-48-51-57(60)63-54-55(53-62-56(59)50-47-44-41-38-35-32-24-21-18-15-12-9-6-3)64-58(61)52-49-46-43-40-37-34-30-28-26-23-20-17-14-11-8-5-2/h28,30,32,35,41,44,55H,4-27,29,31,33-34,36-40,42-43,45-54H2,1-3H3/b30-28-,35-32-,44-41-. The highest BCUT2D eigenvalue weighted by atomic mass is 16.6. The lowest BCUT2D eigenvalue weighted by atomic mass is 10.0. The summed E-state index contributed by atoms with van der Waals surface area (Å²) in [5.74, 6) is -0.954. The number of allylic oxidation sites excluding steroid dienone is 6. The van der Waals surface area contributed by atoms with Crippen molar-refractivity contribution in [1.29, 1.82) is 0 Å². The van der Waals surface area contributed by atoms with Crippen LogP contribution in [-0.4, -0.2) is 37.2 Å². The van der Waals surface area contributed by atoms with Crippen LogP contribution in [0, 0.1) is 0 Å². The van der Waals surface area contributed by atoms with Gasteiger partial charge in [-0.1, -0.05) is 250 Å². The molecule has 0 aromatic rings. The molecule has 0 amide bonds. The zero-order valence-corrected chi connectivity index (χ0v) is 42.8. The Bertz CT molecular complexity index is 1080. The van der Waals surface area contributed by atoms with Crippen LogP contribution in [0.2, 0.25) is 0 Å². The van der Waals surface area contributed by atoms with Crippen LogP contribution in [0.25, 0.3) is 0 Å². The van der Waals surface area contributed by atoms with Gasteiger partial charge < -0.3 is 14.2 Å². The molecule has 0 aliphatic rings. The molecular formula is C58H106O6. The highest BCUT2D eigenvalue weighted by molar-refractivity contribution is 5.71. The van der Waals surface area contributed by atoms with Crippen molar-refractivity contribution >= 4 is 17.9 Å². The van der Waals surface area contributed by atoms with Crippen LogP contribution in [0.15, 0.2) is 36.5 Å². The van der Waals surface area contributed by atoms with Crippen LogP contribution >= 0.6 is 0 Å². The normalized spacial score (nSPS) is 12.2. The third-order valence-electron chi connectivity index (χ3n) is 12.4. The molecule has 0 saturated carbocycles. The number of carbonyl (C=O) groups excluding carboxylic acids is 3. The predicted molar refractivity (Wildman–Crippen MR) is 275 cm³/mol. The van der Waals surface area contributed by atoms with Crippen molar-refractivity contribution in [2.45, 2.75) is 303 Å². The van der Waals surface area contributed by atoms with E-state index in [4.69, 9.17) is 14.2 Å². The minimum absolute atomic E-state index is 0.0890. The quantitative estimate of drug-likeness (QED) is 0.0262. The molecule has 0 radical (unpaired) electrons. The van der Waals surface area contributed by atoms with Gasteiger partial charge in [0.15, 0.2) is 6.10 Å². The molecule has 374 valence electrons. The average Bonchev–Trinajstić information content (AvgIpc) is 3.29. The number of ether oxygens (including phenoxy) is 3. The minimum Gasteiger partial charge on any atom is -0.462 e. The van der Waals surface area contributed by atoms with Gasteiger partial charge in [0.05, 0.1) is 0 Å². The second-order valence-corrected chi connectivity index (χ2v) is 18.8. The number of hydrogen-bond acceptors (Lipinski definition) is 6. The van der Waals surface area contributed by atoms with Gasteiger partial charge in [-0.25, -0.2) is 0 Å². The summed E-state index contributed by atoms with van der Waals surface area (Å²) in [6, 6.07) is 0. The lowest BCUT2D eigenvalue weighted by Gasteiger charge is -2.18. The van der Waals surface area contributed by atoms with Gasteiger partial charge >= 0.3 is 17.9 Å². The Kier molecular flexibility index (Phi) is 51.3. The zero-order valence-electron chi connectivity index (χ0n) is 42.8. The summed E-state index contributed by atoms with van der Waals surface area (Å²) in [5, 5.41) is 0. The minimum atomic E-state index is -0.795. The Balaban J connectivity index is 4.39. The van der Waals surface area contributed by atoms with Gasteiger partial charge in [-0.05, 0) is 64.2 Å². The number of unbranched alkanes of at least 4 members (excludes halogenated alkanes) is 34. The van der Waals surface area contributed by atoms with Crippen molar-refractivity contribution in [1.82, 2.24) is 0 Å². The lowest BCUT2D eigenvalue weighted by molar-refractivity contribution is -0.166. The molecular weight excluding hydrogens is 793 g/mol. The van der Waals surface area contributed by atoms with Crippen molar-refractivity contribution in [3.05, 3.63) is 36.5 Å². The average molecular weight is 899 g/mol. The van der Waals surface area contributed by atoms with E-state index >= 15 is 0 Å². The smallest absolute Gasteiger partial charge is 0.306 e. The van der Waals surface area contributed by atoms with E-state index in [0.29, 0.717) is 19.3 Å². The van der Waals surface area contributed by atoms with Crippen LogP contribution < -0.4 is 0 Å². The molecule has 0 heterocycles. The summed E-state index contributed by atoms with van der Waals surface area (Å²) in [6.45, 7) is 6.60. The first kappa shape index (κ1) is 61.6. The fourth-order valence-corrected chi connectivity index (χ4v) is 8.14. The lowest BCUT2D eigenvalue weighted by Crippen LogP contribution is -2.30. The second kappa shape index (κ2) is 53.2. The van der Waals surface area contributed by atoms with Crippen LogP contribution in [0.3, 0.4) is 0 Å². The number of carbonyl (C=O) groups is 3. The summed E-state index contributed by atoms with van der Waals surface area (Å²) >= 11 is 0. The maximum Gasteiger partial charge on any atom is 0.306 e. The Morgan fingerprint density at radius 3 is 0.969 bits per heavy atom.